The van der Waals surface area contributed by atoms with E-state index in [-0.39, 0.29) is 5.56 Å². The summed E-state index contributed by atoms with van der Waals surface area (Å²) in [6, 6.07) is 14.8. The van der Waals surface area contributed by atoms with E-state index in [0.717, 1.165) is 17.0 Å². The number of pyridine rings is 1. The van der Waals surface area contributed by atoms with Crippen molar-refractivity contribution in [3.8, 4) is 11.5 Å². The summed E-state index contributed by atoms with van der Waals surface area (Å²) in [5.41, 5.74) is 1.66. The highest BCUT2D eigenvalue weighted by molar-refractivity contribution is 5.53. The molecule has 0 aliphatic heterocycles. The molecule has 4 heteroatoms. The fourth-order valence-corrected chi connectivity index (χ4v) is 2.03. The van der Waals surface area contributed by atoms with Crippen molar-refractivity contribution in [2.24, 2.45) is 0 Å². The van der Waals surface area contributed by atoms with E-state index in [2.05, 4.69) is 4.98 Å². The van der Waals surface area contributed by atoms with Gasteiger partial charge in [-0.15, -0.1) is 0 Å². The van der Waals surface area contributed by atoms with Gasteiger partial charge in [-0.1, -0.05) is 24.3 Å². The van der Waals surface area contributed by atoms with Gasteiger partial charge >= 0.3 is 0 Å². The Kier molecular flexibility index (Phi) is 3.21. The van der Waals surface area contributed by atoms with E-state index < -0.39 is 0 Å². The Morgan fingerprint density at radius 3 is 2.60 bits per heavy atom. The summed E-state index contributed by atoms with van der Waals surface area (Å²) < 4.78 is 7.30. The number of aryl methyl sites for hydroxylation is 1. The highest BCUT2D eigenvalue weighted by Gasteiger charge is 2.11. The molecule has 100 valence electrons. The predicted molar refractivity (Wildman–Crippen MR) is 76.5 cm³/mol. The van der Waals surface area contributed by atoms with Gasteiger partial charge in [0.15, 0.2) is 0 Å². The van der Waals surface area contributed by atoms with Crippen molar-refractivity contribution in [1.82, 2.24) is 9.55 Å². The van der Waals surface area contributed by atoms with Crippen molar-refractivity contribution < 1.29 is 4.42 Å². The quantitative estimate of drug-likeness (QED) is 0.732. The zero-order chi connectivity index (χ0) is 13.9. The number of hydrogen-bond acceptors (Lipinski definition) is 3. The van der Waals surface area contributed by atoms with Crippen molar-refractivity contribution in [3.63, 3.8) is 0 Å². The molecule has 2 aromatic heterocycles. The highest BCUT2D eigenvalue weighted by atomic mass is 16.4. The van der Waals surface area contributed by atoms with Crippen molar-refractivity contribution in [1.29, 1.82) is 0 Å². The maximum Gasteiger partial charge on any atom is 0.250 e. The molecule has 0 aliphatic rings. The lowest BCUT2D eigenvalue weighted by molar-refractivity contribution is 0.537. The Bertz CT molecular complexity index is 772. The molecule has 0 spiro atoms. The second-order valence-corrected chi connectivity index (χ2v) is 4.55. The smallest absolute Gasteiger partial charge is 0.250 e. The molecule has 20 heavy (non-hydrogen) atoms. The largest absolute Gasteiger partial charge is 0.441 e. The third-order valence-corrected chi connectivity index (χ3v) is 3.13. The van der Waals surface area contributed by atoms with Gasteiger partial charge in [-0.25, -0.2) is 4.98 Å². The molecule has 0 bridgehead atoms. The van der Waals surface area contributed by atoms with Crippen LogP contribution in [0, 0.1) is 6.92 Å². The van der Waals surface area contributed by atoms with Crippen LogP contribution in [0.2, 0.25) is 0 Å². The van der Waals surface area contributed by atoms with Gasteiger partial charge in [0, 0.05) is 17.8 Å². The fraction of sp³-hybridized carbons (Fsp3) is 0.125. The zero-order valence-corrected chi connectivity index (χ0v) is 11.1. The number of rotatable bonds is 3. The molecule has 0 saturated carbocycles. The Labute approximate surface area is 116 Å². The van der Waals surface area contributed by atoms with E-state index >= 15 is 0 Å². The average molecular weight is 266 g/mol. The van der Waals surface area contributed by atoms with E-state index in [9.17, 15) is 4.79 Å². The van der Waals surface area contributed by atoms with Gasteiger partial charge in [0.25, 0.3) is 5.56 Å². The molecule has 0 radical (unpaired) electrons. The Hall–Kier alpha value is -2.62. The van der Waals surface area contributed by atoms with Crippen molar-refractivity contribution in [3.05, 3.63) is 76.5 Å². The molecule has 3 aromatic rings. The summed E-state index contributed by atoms with van der Waals surface area (Å²) in [6.45, 7) is 2.28. The monoisotopic (exact) mass is 266 g/mol. The fourth-order valence-electron chi connectivity index (χ4n) is 2.03. The molecular weight excluding hydrogens is 252 g/mol. The van der Waals surface area contributed by atoms with Crippen LogP contribution in [0.3, 0.4) is 0 Å². The summed E-state index contributed by atoms with van der Waals surface area (Å²) in [5.74, 6) is 1.32. The first-order valence-electron chi connectivity index (χ1n) is 6.41. The molecule has 0 saturated heterocycles. The molecule has 4 nitrogen and oxygen atoms in total. The highest BCUT2D eigenvalue weighted by Crippen LogP contribution is 2.21. The third kappa shape index (κ3) is 2.40. The summed E-state index contributed by atoms with van der Waals surface area (Å²) >= 11 is 0. The van der Waals surface area contributed by atoms with Crippen LogP contribution in [-0.4, -0.2) is 9.55 Å². The maximum atomic E-state index is 11.7. The van der Waals surface area contributed by atoms with E-state index in [0.29, 0.717) is 12.4 Å². The van der Waals surface area contributed by atoms with Crippen LogP contribution < -0.4 is 5.56 Å². The molecule has 0 unspecified atom stereocenters. The second-order valence-electron chi connectivity index (χ2n) is 4.55. The van der Waals surface area contributed by atoms with Gasteiger partial charge in [0.05, 0.1) is 6.54 Å². The Morgan fingerprint density at radius 1 is 1.10 bits per heavy atom. The van der Waals surface area contributed by atoms with Gasteiger partial charge in [-0.3, -0.25) is 4.79 Å². The number of hydrogen-bond donors (Lipinski definition) is 0. The molecule has 0 aliphatic carbocycles. The Balaban J connectivity index is 1.94. The van der Waals surface area contributed by atoms with E-state index in [1.807, 2.05) is 43.3 Å². The van der Waals surface area contributed by atoms with E-state index in [4.69, 9.17) is 4.42 Å². The number of benzene rings is 1. The lowest BCUT2D eigenvalue weighted by atomic mass is 10.2. The summed E-state index contributed by atoms with van der Waals surface area (Å²) in [6.07, 6.45) is 1.75. The van der Waals surface area contributed by atoms with Crippen LogP contribution in [-0.2, 0) is 6.54 Å². The average Bonchev–Trinajstić information content (AvgIpc) is 2.84. The third-order valence-electron chi connectivity index (χ3n) is 3.13. The van der Waals surface area contributed by atoms with Crippen LogP contribution in [0.1, 0.15) is 11.5 Å². The summed E-state index contributed by atoms with van der Waals surface area (Å²) in [5, 5.41) is 0. The van der Waals surface area contributed by atoms with Gasteiger partial charge in [-0.05, 0) is 25.1 Å². The van der Waals surface area contributed by atoms with Crippen LogP contribution in [0.25, 0.3) is 11.5 Å². The second kappa shape index (κ2) is 5.17. The summed E-state index contributed by atoms with van der Waals surface area (Å²) in [7, 11) is 0. The molecule has 0 atom stereocenters. The number of aromatic nitrogens is 2. The number of oxazole rings is 1. The van der Waals surface area contributed by atoms with Gasteiger partial charge in [-0.2, -0.15) is 0 Å². The number of nitrogens with zero attached hydrogens (tertiary/aromatic N) is 2. The minimum Gasteiger partial charge on any atom is -0.441 e. The van der Waals surface area contributed by atoms with Crippen LogP contribution in [0.15, 0.2) is 63.9 Å². The predicted octanol–water partition coefficient (Wildman–Crippen LogP) is 2.86. The Morgan fingerprint density at radius 2 is 1.85 bits per heavy atom. The molecule has 1 aromatic carbocycles. The molecule has 2 heterocycles. The van der Waals surface area contributed by atoms with Crippen LogP contribution >= 0.6 is 0 Å². The van der Waals surface area contributed by atoms with Crippen molar-refractivity contribution in [2.45, 2.75) is 13.5 Å². The van der Waals surface area contributed by atoms with Crippen LogP contribution in [0.4, 0.5) is 0 Å². The van der Waals surface area contributed by atoms with Crippen molar-refractivity contribution >= 4 is 0 Å². The lowest BCUT2D eigenvalue weighted by Crippen LogP contribution is -2.18. The topological polar surface area (TPSA) is 48.0 Å². The van der Waals surface area contributed by atoms with Gasteiger partial charge < -0.3 is 8.98 Å². The first-order chi connectivity index (χ1) is 9.74. The first kappa shape index (κ1) is 12.4. The zero-order valence-electron chi connectivity index (χ0n) is 11.1. The minimum absolute atomic E-state index is 0.0452. The lowest BCUT2D eigenvalue weighted by Gasteiger charge is -2.01. The first-order valence-corrected chi connectivity index (χ1v) is 6.41. The standard InChI is InChI=1S/C16H14N2O2/c1-12-14(11-18-10-6-5-9-15(18)19)17-16(20-12)13-7-3-2-4-8-13/h2-10H,11H2,1H3. The van der Waals surface area contributed by atoms with Crippen LogP contribution in [0.5, 0.6) is 0 Å². The normalized spacial score (nSPS) is 10.7. The molecule has 0 N–H and O–H groups in total. The minimum atomic E-state index is -0.0452. The SMILES string of the molecule is Cc1oc(-c2ccccc2)nc1Cn1ccccc1=O. The van der Waals surface area contributed by atoms with Gasteiger partial charge in [0.2, 0.25) is 5.89 Å². The van der Waals surface area contributed by atoms with Crippen molar-refractivity contribution in [2.75, 3.05) is 0 Å². The molecule has 0 amide bonds. The molecular formula is C16H14N2O2. The maximum absolute atomic E-state index is 11.7. The van der Waals surface area contributed by atoms with E-state index in [1.54, 1.807) is 16.8 Å². The summed E-state index contributed by atoms with van der Waals surface area (Å²) in [4.78, 5) is 16.2. The van der Waals surface area contributed by atoms with E-state index in [1.165, 1.54) is 6.07 Å². The molecule has 3 rings (SSSR count). The molecule has 0 fully saturated rings. The van der Waals surface area contributed by atoms with Gasteiger partial charge in [0.1, 0.15) is 11.5 Å².